The van der Waals surface area contributed by atoms with Gasteiger partial charge in [0.1, 0.15) is 11.9 Å². The first-order valence-electron chi connectivity index (χ1n) is 7.30. The highest BCUT2D eigenvalue weighted by atomic mass is 16.5. The fourth-order valence-electron chi connectivity index (χ4n) is 2.94. The van der Waals surface area contributed by atoms with Crippen LogP contribution < -0.4 is 10.1 Å². The molecule has 0 aromatic heterocycles. The molecule has 1 N–H and O–H groups in total. The zero-order valence-corrected chi connectivity index (χ0v) is 12.3. The Bertz CT molecular complexity index is 500. The number of amides is 1. The second-order valence-corrected chi connectivity index (χ2v) is 6.03. The molecule has 0 bridgehead atoms. The van der Waals surface area contributed by atoms with Crippen LogP contribution in [0, 0.1) is 11.8 Å². The fourth-order valence-corrected chi connectivity index (χ4v) is 2.94. The second kappa shape index (κ2) is 5.09. The highest BCUT2D eigenvalue weighted by molar-refractivity contribution is 5.84. The number of carbonyl (C=O) groups excluding carboxylic acids is 1. The minimum atomic E-state index is -0.101. The van der Waals surface area contributed by atoms with Gasteiger partial charge in [0.05, 0.1) is 13.2 Å². The molecule has 4 atom stereocenters. The Morgan fingerprint density at radius 2 is 1.95 bits per heavy atom. The van der Waals surface area contributed by atoms with E-state index in [-0.39, 0.29) is 18.1 Å². The molecular formula is C16H22N2O2. The van der Waals surface area contributed by atoms with Crippen molar-refractivity contribution in [2.75, 3.05) is 13.7 Å². The molecule has 1 aromatic carbocycles. The van der Waals surface area contributed by atoms with Gasteiger partial charge in [0.2, 0.25) is 5.91 Å². The zero-order chi connectivity index (χ0) is 14.3. The van der Waals surface area contributed by atoms with Gasteiger partial charge in [0.15, 0.2) is 0 Å². The number of hydrogen-bond acceptors (Lipinski definition) is 3. The molecule has 2 fully saturated rings. The molecule has 1 saturated carbocycles. The lowest BCUT2D eigenvalue weighted by Gasteiger charge is -2.25. The van der Waals surface area contributed by atoms with Crippen molar-refractivity contribution in [3.05, 3.63) is 29.8 Å². The molecule has 3 rings (SSSR count). The molecule has 1 aliphatic heterocycles. The summed E-state index contributed by atoms with van der Waals surface area (Å²) in [5.74, 6) is 2.49. The summed E-state index contributed by atoms with van der Waals surface area (Å²) in [6, 6.07) is 7.86. The van der Waals surface area contributed by atoms with E-state index in [9.17, 15) is 4.79 Å². The van der Waals surface area contributed by atoms with Crippen molar-refractivity contribution in [1.29, 1.82) is 0 Å². The molecule has 4 nitrogen and oxygen atoms in total. The maximum absolute atomic E-state index is 12.3. The summed E-state index contributed by atoms with van der Waals surface area (Å²) in [5, 5.41) is 3.39. The van der Waals surface area contributed by atoms with Gasteiger partial charge in [0.25, 0.3) is 0 Å². The summed E-state index contributed by atoms with van der Waals surface area (Å²) in [5.41, 5.74) is 1.12. The molecule has 1 aromatic rings. The van der Waals surface area contributed by atoms with Crippen molar-refractivity contribution in [3.8, 4) is 5.75 Å². The Hall–Kier alpha value is -1.55. The van der Waals surface area contributed by atoms with Gasteiger partial charge >= 0.3 is 0 Å². The molecule has 0 radical (unpaired) electrons. The molecule has 4 unspecified atom stereocenters. The van der Waals surface area contributed by atoms with E-state index in [2.05, 4.69) is 12.2 Å². The van der Waals surface area contributed by atoms with Crippen molar-refractivity contribution < 1.29 is 9.53 Å². The number of carbonyl (C=O) groups is 1. The van der Waals surface area contributed by atoms with Crippen molar-refractivity contribution in [2.45, 2.75) is 32.5 Å². The molecule has 2 aliphatic rings. The topological polar surface area (TPSA) is 41.6 Å². The summed E-state index contributed by atoms with van der Waals surface area (Å²) < 4.78 is 5.19. The van der Waals surface area contributed by atoms with Crippen LogP contribution in [0.25, 0.3) is 0 Å². The summed E-state index contributed by atoms with van der Waals surface area (Å²) in [6.07, 6.45) is 1.24. The van der Waals surface area contributed by atoms with Crippen molar-refractivity contribution in [1.82, 2.24) is 10.2 Å². The fraction of sp³-hybridized carbons (Fsp3) is 0.562. The van der Waals surface area contributed by atoms with Gasteiger partial charge in [0, 0.05) is 6.54 Å². The summed E-state index contributed by atoms with van der Waals surface area (Å²) in [7, 11) is 1.66. The van der Waals surface area contributed by atoms with Crippen LogP contribution in [-0.2, 0) is 4.79 Å². The van der Waals surface area contributed by atoms with Crippen LogP contribution in [0.4, 0.5) is 0 Å². The minimum Gasteiger partial charge on any atom is -0.497 e. The van der Waals surface area contributed by atoms with Gasteiger partial charge in [-0.2, -0.15) is 0 Å². The van der Waals surface area contributed by atoms with E-state index in [1.807, 2.05) is 36.1 Å². The predicted molar refractivity (Wildman–Crippen MR) is 77.3 cm³/mol. The maximum Gasteiger partial charge on any atom is 0.241 e. The van der Waals surface area contributed by atoms with Crippen molar-refractivity contribution in [3.63, 3.8) is 0 Å². The van der Waals surface area contributed by atoms with E-state index in [0.717, 1.165) is 23.8 Å². The van der Waals surface area contributed by atoms with Crippen LogP contribution in [0.2, 0.25) is 0 Å². The monoisotopic (exact) mass is 274 g/mol. The van der Waals surface area contributed by atoms with E-state index in [1.165, 1.54) is 6.42 Å². The number of ether oxygens (including phenoxy) is 1. The lowest BCUT2D eigenvalue weighted by molar-refractivity contribution is -0.130. The minimum absolute atomic E-state index is 0.00351. The molecule has 0 spiro atoms. The highest BCUT2D eigenvalue weighted by Gasteiger charge is 2.42. The summed E-state index contributed by atoms with van der Waals surface area (Å²) >= 11 is 0. The molecule has 20 heavy (non-hydrogen) atoms. The van der Waals surface area contributed by atoms with Gasteiger partial charge in [-0.3, -0.25) is 10.1 Å². The van der Waals surface area contributed by atoms with Crippen LogP contribution in [0.1, 0.15) is 32.0 Å². The first kappa shape index (κ1) is 13.4. The number of nitrogens with zero attached hydrogens (tertiary/aromatic N) is 1. The lowest BCUT2D eigenvalue weighted by atomic mass is 10.1. The third kappa shape index (κ3) is 2.40. The van der Waals surface area contributed by atoms with Gasteiger partial charge in [-0.25, -0.2) is 0 Å². The third-order valence-electron chi connectivity index (χ3n) is 4.51. The van der Waals surface area contributed by atoms with Crippen LogP contribution in [0.15, 0.2) is 24.3 Å². The average molecular weight is 274 g/mol. The van der Waals surface area contributed by atoms with Crippen LogP contribution in [-0.4, -0.2) is 30.5 Å². The maximum atomic E-state index is 12.3. The van der Waals surface area contributed by atoms with Crippen LogP contribution in [0.3, 0.4) is 0 Å². The van der Waals surface area contributed by atoms with Gasteiger partial charge in [-0.05, 0) is 42.9 Å². The van der Waals surface area contributed by atoms with Gasteiger partial charge < -0.3 is 9.64 Å². The number of rotatable bonds is 4. The molecule has 1 heterocycles. The molecular weight excluding hydrogens is 252 g/mol. The quantitative estimate of drug-likeness (QED) is 0.915. The Kier molecular flexibility index (Phi) is 3.42. The molecule has 1 aliphatic carbocycles. The average Bonchev–Trinajstić information content (AvgIpc) is 3.09. The lowest BCUT2D eigenvalue weighted by Crippen LogP contribution is -2.32. The largest absolute Gasteiger partial charge is 0.497 e. The van der Waals surface area contributed by atoms with Crippen LogP contribution in [0.5, 0.6) is 5.75 Å². The number of methoxy groups -OCH3 is 1. The third-order valence-corrected chi connectivity index (χ3v) is 4.51. The number of hydrogen-bond donors (Lipinski definition) is 1. The van der Waals surface area contributed by atoms with E-state index in [1.54, 1.807) is 7.11 Å². The van der Waals surface area contributed by atoms with E-state index >= 15 is 0 Å². The molecule has 4 heteroatoms. The predicted octanol–water partition coefficient (Wildman–Crippen LogP) is 2.17. The molecule has 1 saturated heterocycles. The van der Waals surface area contributed by atoms with Crippen molar-refractivity contribution in [2.24, 2.45) is 11.8 Å². The normalized spacial score (nSPS) is 32.5. The first-order valence-corrected chi connectivity index (χ1v) is 7.30. The van der Waals surface area contributed by atoms with Gasteiger partial charge in [-0.1, -0.05) is 19.1 Å². The number of nitrogens with one attached hydrogen (secondary N) is 1. The first-order chi connectivity index (χ1) is 9.60. The van der Waals surface area contributed by atoms with E-state index in [4.69, 9.17) is 4.74 Å². The van der Waals surface area contributed by atoms with Gasteiger partial charge in [-0.15, -0.1) is 0 Å². The Morgan fingerprint density at radius 3 is 2.50 bits per heavy atom. The van der Waals surface area contributed by atoms with Crippen molar-refractivity contribution >= 4 is 5.91 Å². The molecule has 1 amide bonds. The van der Waals surface area contributed by atoms with Crippen LogP contribution >= 0.6 is 0 Å². The standard InChI is InChI=1S/C16H22N2O2/c1-10-8-13(10)9-18-15(17-11(2)16(18)19)12-4-6-14(20-3)7-5-12/h4-7,10-11,13,15,17H,8-9H2,1-3H3. The zero-order valence-electron chi connectivity index (χ0n) is 12.3. The number of benzene rings is 1. The molecule has 108 valence electrons. The Morgan fingerprint density at radius 1 is 1.30 bits per heavy atom. The van der Waals surface area contributed by atoms with E-state index in [0.29, 0.717) is 5.92 Å². The van der Waals surface area contributed by atoms with E-state index < -0.39 is 0 Å². The smallest absolute Gasteiger partial charge is 0.241 e. The second-order valence-electron chi connectivity index (χ2n) is 6.03. The Balaban J connectivity index is 1.79. The SMILES string of the molecule is COc1ccc(C2NC(C)C(=O)N2CC2CC2C)cc1. The summed E-state index contributed by atoms with van der Waals surface area (Å²) in [6.45, 7) is 5.06. The highest BCUT2D eigenvalue weighted by Crippen LogP contribution is 2.40. The summed E-state index contributed by atoms with van der Waals surface area (Å²) in [4.78, 5) is 14.3. The Labute approximate surface area is 120 Å².